The van der Waals surface area contributed by atoms with Crippen molar-refractivity contribution in [3.05, 3.63) is 54.1 Å². The fourth-order valence-corrected chi connectivity index (χ4v) is 7.48. The van der Waals surface area contributed by atoms with E-state index in [-0.39, 0.29) is 22.6 Å². The molecule has 11 heteroatoms. The lowest BCUT2D eigenvalue weighted by atomic mass is 10.0. The van der Waals surface area contributed by atoms with Gasteiger partial charge >= 0.3 is 0 Å². The molecule has 0 unspecified atom stereocenters. The van der Waals surface area contributed by atoms with Crippen LogP contribution in [0, 0.1) is 6.92 Å². The summed E-state index contributed by atoms with van der Waals surface area (Å²) in [6.45, 7) is 4.56. The molecule has 38 heavy (non-hydrogen) atoms. The third-order valence-electron chi connectivity index (χ3n) is 6.96. The van der Waals surface area contributed by atoms with Crippen molar-refractivity contribution in [2.45, 2.75) is 55.6 Å². The topological polar surface area (TPSA) is 106 Å². The maximum Gasteiger partial charge on any atom is 0.243 e. The van der Waals surface area contributed by atoms with E-state index in [1.165, 1.54) is 11.8 Å². The molecular weight excluding hydrogens is 522 g/mol. The van der Waals surface area contributed by atoms with E-state index >= 15 is 0 Å². The molecule has 1 atom stereocenters. The van der Waals surface area contributed by atoms with E-state index in [2.05, 4.69) is 21.6 Å². The number of ether oxygens (including phenoxy) is 1. The number of carbonyl (C=O) groups excluding carboxylic acids is 1. The minimum absolute atomic E-state index is 0.0420. The van der Waals surface area contributed by atoms with Crippen LogP contribution in [-0.4, -0.2) is 58.7 Å². The number of thioether (sulfide) groups is 1. The van der Waals surface area contributed by atoms with Crippen LogP contribution in [0.2, 0.25) is 0 Å². The monoisotopic (exact) mass is 553 g/mol. The van der Waals surface area contributed by atoms with E-state index in [1.807, 2.05) is 36.4 Å². The molecule has 0 aliphatic carbocycles. The molecule has 0 bridgehead atoms. The summed E-state index contributed by atoms with van der Waals surface area (Å²) in [5, 5.41) is 13.1. The first kappa shape index (κ1) is 26.5. The molecule has 4 aromatic rings. The van der Waals surface area contributed by atoms with E-state index in [0.717, 1.165) is 53.5 Å². The lowest BCUT2D eigenvalue weighted by Crippen LogP contribution is -2.43. The number of nitrogens with one attached hydrogen (secondary N) is 1. The van der Waals surface area contributed by atoms with Crippen LogP contribution >= 0.6 is 11.8 Å². The molecule has 2 aromatic heterocycles. The third kappa shape index (κ3) is 5.10. The maximum absolute atomic E-state index is 13.2. The minimum Gasteiger partial charge on any atom is -0.497 e. The Morgan fingerprint density at radius 2 is 1.92 bits per heavy atom. The Kier molecular flexibility index (Phi) is 7.60. The number of carbonyl (C=O) groups is 1. The van der Waals surface area contributed by atoms with Gasteiger partial charge in [0.25, 0.3) is 0 Å². The molecule has 2 aromatic carbocycles. The van der Waals surface area contributed by atoms with E-state index in [0.29, 0.717) is 17.4 Å². The fraction of sp³-hybridized carbons (Fsp3) is 0.370. The highest BCUT2D eigenvalue weighted by Gasteiger charge is 2.32. The summed E-state index contributed by atoms with van der Waals surface area (Å²) in [6, 6.07) is 14.3. The summed E-state index contributed by atoms with van der Waals surface area (Å²) in [4.78, 5) is 13.0. The van der Waals surface area contributed by atoms with Crippen LogP contribution in [0.25, 0.3) is 16.6 Å². The highest BCUT2D eigenvalue weighted by Crippen LogP contribution is 2.29. The van der Waals surface area contributed by atoms with E-state index < -0.39 is 10.0 Å². The Morgan fingerprint density at radius 1 is 1.13 bits per heavy atom. The van der Waals surface area contributed by atoms with Crippen molar-refractivity contribution in [3.8, 4) is 5.75 Å². The number of nitrogens with zero attached hydrogens (tertiary/aromatic N) is 4. The molecule has 1 aliphatic rings. The van der Waals surface area contributed by atoms with E-state index in [9.17, 15) is 13.2 Å². The van der Waals surface area contributed by atoms with Crippen LogP contribution in [0.1, 0.15) is 38.2 Å². The van der Waals surface area contributed by atoms with Crippen LogP contribution < -0.4 is 10.1 Å². The SMILES string of the molecule is CC[C@@H]1CCCCN1S(=O)(=O)c1ccc(NC(=O)CSc2nnc3c(C)cc4ccc(OC)cc4n23)cc1. The Bertz CT molecular complexity index is 1580. The number of amides is 1. The lowest BCUT2D eigenvalue weighted by Gasteiger charge is -2.34. The summed E-state index contributed by atoms with van der Waals surface area (Å²) in [5.41, 5.74) is 3.15. The van der Waals surface area contributed by atoms with Gasteiger partial charge in [0.15, 0.2) is 10.8 Å². The van der Waals surface area contributed by atoms with Gasteiger partial charge in [0, 0.05) is 24.3 Å². The molecule has 1 saturated heterocycles. The van der Waals surface area contributed by atoms with Crippen molar-refractivity contribution in [1.29, 1.82) is 0 Å². The Balaban J connectivity index is 1.29. The Hall–Kier alpha value is -3.15. The summed E-state index contributed by atoms with van der Waals surface area (Å²) < 4.78 is 35.4. The van der Waals surface area contributed by atoms with E-state index in [4.69, 9.17) is 4.74 Å². The van der Waals surface area contributed by atoms with Gasteiger partial charge in [-0.15, -0.1) is 10.2 Å². The standard InChI is InChI=1S/C27H31N5O4S2/c1-4-21-7-5-6-14-31(21)38(34,35)23-12-9-20(10-13-23)28-25(33)17-37-27-30-29-26-18(2)15-19-8-11-22(36-3)16-24(19)32(26)27/h8-13,15-16,21H,4-7,14,17H2,1-3H3,(H,28,33)/t21-/m1/s1. The Labute approximate surface area is 226 Å². The number of aromatic nitrogens is 3. The van der Waals surface area contributed by atoms with Crippen molar-refractivity contribution in [2.75, 3.05) is 24.7 Å². The first-order valence-electron chi connectivity index (χ1n) is 12.7. The highest BCUT2D eigenvalue weighted by molar-refractivity contribution is 7.99. The maximum atomic E-state index is 13.2. The number of piperidine rings is 1. The van der Waals surface area contributed by atoms with Gasteiger partial charge in [-0.1, -0.05) is 25.1 Å². The summed E-state index contributed by atoms with van der Waals surface area (Å²) >= 11 is 1.28. The summed E-state index contributed by atoms with van der Waals surface area (Å²) in [6.07, 6.45) is 3.63. The van der Waals surface area contributed by atoms with Gasteiger partial charge in [-0.05, 0) is 79.6 Å². The molecule has 0 saturated carbocycles. The van der Waals surface area contributed by atoms with Gasteiger partial charge in [0.05, 0.1) is 23.3 Å². The molecule has 1 N–H and O–H groups in total. The van der Waals surface area contributed by atoms with Crippen LogP contribution in [0.3, 0.4) is 0 Å². The molecule has 9 nitrogen and oxygen atoms in total. The average molecular weight is 554 g/mol. The number of pyridine rings is 1. The molecule has 200 valence electrons. The largest absolute Gasteiger partial charge is 0.497 e. The van der Waals surface area contributed by atoms with Crippen molar-refractivity contribution in [1.82, 2.24) is 18.9 Å². The van der Waals surface area contributed by atoms with Crippen LogP contribution in [0.15, 0.2) is 58.6 Å². The quantitative estimate of drug-likeness (QED) is 0.310. The molecule has 0 radical (unpaired) electrons. The second-order valence-electron chi connectivity index (χ2n) is 9.43. The molecule has 1 aliphatic heterocycles. The van der Waals surface area contributed by atoms with Crippen LogP contribution in [0.5, 0.6) is 5.75 Å². The summed E-state index contributed by atoms with van der Waals surface area (Å²) in [7, 11) is -1.94. The third-order valence-corrected chi connectivity index (χ3v) is 9.85. The normalized spacial score (nSPS) is 16.7. The minimum atomic E-state index is -3.57. The smallest absolute Gasteiger partial charge is 0.243 e. The van der Waals surface area contributed by atoms with Gasteiger partial charge < -0.3 is 10.1 Å². The fourth-order valence-electron chi connectivity index (χ4n) is 4.97. The zero-order valence-electron chi connectivity index (χ0n) is 21.7. The molecule has 1 amide bonds. The second-order valence-corrected chi connectivity index (χ2v) is 12.3. The van der Waals surface area contributed by atoms with Crippen molar-refractivity contribution in [3.63, 3.8) is 0 Å². The number of anilines is 1. The Morgan fingerprint density at radius 3 is 2.66 bits per heavy atom. The number of fused-ring (bicyclic) bond motifs is 3. The van der Waals surface area contributed by atoms with Crippen molar-refractivity contribution >= 4 is 49.9 Å². The number of benzene rings is 2. The van der Waals surface area contributed by atoms with Crippen LogP contribution in [0.4, 0.5) is 5.69 Å². The average Bonchev–Trinajstić information content (AvgIpc) is 3.37. The first-order valence-corrected chi connectivity index (χ1v) is 15.1. The van der Waals surface area contributed by atoms with Gasteiger partial charge in [-0.3, -0.25) is 9.20 Å². The molecule has 3 heterocycles. The number of rotatable bonds is 8. The van der Waals surface area contributed by atoms with Crippen molar-refractivity contribution < 1.29 is 17.9 Å². The predicted octanol–water partition coefficient (Wildman–Crippen LogP) is 4.88. The molecule has 5 rings (SSSR count). The number of sulfonamides is 1. The van der Waals surface area contributed by atoms with Crippen LogP contribution in [-0.2, 0) is 14.8 Å². The first-order chi connectivity index (χ1) is 18.3. The lowest BCUT2D eigenvalue weighted by molar-refractivity contribution is -0.113. The predicted molar refractivity (Wildman–Crippen MR) is 149 cm³/mol. The zero-order chi connectivity index (χ0) is 26.9. The molecule has 1 fully saturated rings. The van der Waals surface area contributed by atoms with Gasteiger partial charge in [0.1, 0.15) is 5.75 Å². The second kappa shape index (κ2) is 10.9. The van der Waals surface area contributed by atoms with Gasteiger partial charge in [-0.25, -0.2) is 8.42 Å². The van der Waals surface area contributed by atoms with Crippen molar-refractivity contribution in [2.24, 2.45) is 0 Å². The molecular formula is C27H31N5O4S2. The molecule has 0 spiro atoms. The van der Waals surface area contributed by atoms with Gasteiger partial charge in [0.2, 0.25) is 15.9 Å². The number of methoxy groups -OCH3 is 1. The highest BCUT2D eigenvalue weighted by atomic mass is 32.2. The number of hydrogen-bond acceptors (Lipinski definition) is 7. The number of aryl methyl sites for hydroxylation is 1. The zero-order valence-corrected chi connectivity index (χ0v) is 23.3. The summed E-state index contributed by atoms with van der Waals surface area (Å²) in [5.74, 6) is 0.617. The van der Waals surface area contributed by atoms with Gasteiger partial charge in [-0.2, -0.15) is 4.31 Å². The number of hydrogen-bond donors (Lipinski definition) is 1. The van der Waals surface area contributed by atoms with E-state index in [1.54, 1.807) is 35.7 Å².